The Morgan fingerprint density at radius 3 is 2.15 bits per heavy atom. The molecule has 6 heteroatoms. The molecule has 138 valence electrons. The van der Waals surface area contributed by atoms with Crippen molar-refractivity contribution in [3.05, 3.63) is 90.0 Å². The molecular formula is C21H18O5S. The third kappa shape index (κ3) is 4.95. The van der Waals surface area contributed by atoms with Crippen molar-refractivity contribution in [3.8, 4) is 11.5 Å². The Bertz CT molecular complexity index is 1030. The number of carbonyl (C=O) groups excluding carboxylic acids is 1. The molecule has 3 aromatic carbocycles. The molecule has 0 bridgehead atoms. The van der Waals surface area contributed by atoms with Gasteiger partial charge in [0.15, 0.2) is 9.84 Å². The van der Waals surface area contributed by atoms with E-state index in [0.717, 1.165) is 11.8 Å². The van der Waals surface area contributed by atoms with Crippen molar-refractivity contribution in [2.75, 3.05) is 6.26 Å². The van der Waals surface area contributed by atoms with Gasteiger partial charge in [0.25, 0.3) is 0 Å². The maximum Gasteiger partial charge on any atom is 0.343 e. The minimum Gasteiger partial charge on any atom is -0.488 e. The van der Waals surface area contributed by atoms with Crippen LogP contribution in [0.1, 0.15) is 15.9 Å². The molecule has 0 aliphatic heterocycles. The quantitative estimate of drug-likeness (QED) is 0.478. The van der Waals surface area contributed by atoms with Gasteiger partial charge in [-0.3, -0.25) is 0 Å². The highest BCUT2D eigenvalue weighted by Gasteiger charge is 2.18. The second-order valence-corrected chi connectivity index (χ2v) is 7.89. The van der Waals surface area contributed by atoms with Gasteiger partial charge < -0.3 is 9.47 Å². The molecule has 0 spiro atoms. The van der Waals surface area contributed by atoms with Crippen LogP contribution >= 0.6 is 0 Å². The zero-order chi connectivity index (χ0) is 19.3. The van der Waals surface area contributed by atoms with E-state index in [9.17, 15) is 13.2 Å². The van der Waals surface area contributed by atoms with Crippen LogP contribution in [0.15, 0.2) is 83.8 Å². The molecular weight excluding hydrogens is 364 g/mol. The van der Waals surface area contributed by atoms with Crippen LogP contribution in [0.3, 0.4) is 0 Å². The van der Waals surface area contributed by atoms with Gasteiger partial charge in [0, 0.05) is 12.3 Å². The number of carbonyl (C=O) groups is 1. The molecule has 0 aliphatic rings. The van der Waals surface area contributed by atoms with Crippen LogP contribution in [0, 0.1) is 0 Å². The SMILES string of the molecule is CS(=O)(=O)c1cc(OC(=O)c2ccccc2)ccc1OCc1ccccc1. The van der Waals surface area contributed by atoms with Gasteiger partial charge in [0.1, 0.15) is 23.0 Å². The van der Waals surface area contributed by atoms with E-state index in [1.807, 2.05) is 30.3 Å². The van der Waals surface area contributed by atoms with Gasteiger partial charge in [0.05, 0.1) is 5.56 Å². The first kappa shape index (κ1) is 18.7. The second-order valence-electron chi connectivity index (χ2n) is 5.91. The van der Waals surface area contributed by atoms with Crippen molar-refractivity contribution in [1.29, 1.82) is 0 Å². The Labute approximate surface area is 158 Å². The largest absolute Gasteiger partial charge is 0.488 e. The van der Waals surface area contributed by atoms with Crippen LogP contribution in [-0.4, -0.2) is 20.6 Å². The minimum absolute atomic E-state index is 0.0307. The third-order valence-electron chi connectivity index (χ3n) is 3.77. The van der Waals surface area contributed by atoms with Crippen LogP contribution < -0.4 is 9.47 Å². The van der Waals surface area contributed by atoms with Gasteiger partial charge in [-0.2, -0.15) is 0 Å². The predicted molar refractivity (Wildman–Crippen MR) is 102 cm³/mol. The monoisotopic (exact) mass is 382 g/mol. The van der Waals surface area contributed by atoms with Crippen molar-refractivity contribution in [2.45, 2.75) is 11.5 Å². The van der Waals surface area contributed by atoms with Crippen molar-refractivity contribution in [3.63, 3.8) is 0 Å². The van der Waals surface area contributed by atoms with Crippen LogP contribution in [0.25, 0.3) is 0 Å². The Morgan fingerprint density at radius 1 is 0.889 bits per heavy atom. The van der Waals surface area contributed by atoms with Gasteiger partial charge in [-0.05, 0) is 29.8 Å². The fraction of sp³-hybridized carbons (Fsp3) is 0.0952. The highest BCUT2D eigenvalue weighted by Crippen LogP contribution is 2.29. The maximum absolute atomic E-state index is 12.2. The van der Waals surface area contributed by atoms with Crippen LogP contribution in [0.2, 0.25) is 0 Å². The first-order valence-electron chi connectivity index (χ1n) is 8.21. The number of sulfone groups is 1. The van der Waals surface area contributed by atoms with E-state index >= 15 is 0 Å². The fourth-order valence-electron chi connectivity index (χ4n) is 2.44. The van der Waals surface area contributed by atoms with Crippen molar-refractivity contribution >= 4 is 15.8 Å². The lowest BCUT2D eigenvalue weighted by Gasteiger charge is -2.12. The summed E-state index contributed by atoms with van der Waals surface area (Å²) in [4.78, 5) is 12.1. The summed E-state index contributed by atoms with van der Waals surface area (Å²) in [6.45, 7) is 0.229. The maximum atomic E-state index is 12.2. The Morgan fingerprint density at radius 2 is 1.52 bits per heavy atom. The highest BCUT2D eigenvalue weighted by atomic mass is 32.2. The summed E-state index contributed by atoms with van der Waals surface area (Å²) in [5.74, 6) is -0.217. The molecule has 5 nitrogen and oxygen atoms in total. The molecule has 0 saturated carbocycles. The van der Waals surface area contributed by atoms with Gasteiger partial charge in [-0.1, -0.05) is 48.5 Å². The molecule has 0 N–H and O–H groups in total. The summed E-state index contributed by atoms with van der Waals surface area (Å²) in [6, 6.07) is 22.2. The first-order valence-corrected chi connectivity index (χ1v) is 10.1. The lowest BCUT2D eigenvalue weighted by Crippen LogP contribution is -2.09. The van der Waals surface area contributed by atoms with Crippen LogP contribution in [-0.2, 0) is 16.4 Å². The average molecular weight is 382 g/mol. The topological polar surface area (TPSA) is 69.7 Å². The molecule has 0 saturated heterocycles. The molecule has 0 aliphatic carbocycles. The van der Waals surface area contributed by atoms with E-state index in [2.05, 4.69) is 0 Å². The standard InChI is InChI=1S/C21H18O5S/c1-27(23,24)20-14-18(26-21(22)17-10-6-3-7-11-17)12-13-19(20)25-15-16-8-4-2-5-9-16/h2-14H,15H2,1H3. The lowest BCUT2D eigenvalue weighted by atomic mass is 10.2. The number of benzene rings is 3. The summed E-state index contributed by atoms with van der Waals surface area (Å²) in [5, 5.41) is 0. The van der Waals surface area contributed by atoms with Crippen LogP contribution in [0.5, 0.6) is 11.5 Å². The van der Waals surface area contributed by atoms with E-state index in [4.69, 9.17) is 9.47 Å². The summed E-state index contributed by atoms with van der Waals surface area (Å²) in [6.07, 6.45) is 1.08. The molecule has 0 radical (unpaired) electrons. The van der Waals surface area contributed by atoms with E-state index in [0.29, 0.717) is 5.56 Å². The third-order valence-corrected chi connectivity index (χ3v) is 4.89. The summed E-state index contributed by atoms with van der Waals surface area (Å²) < 4.78 is 35.3. The van der Waals surface area contributed by atoms with Crippen molar-refractivity contribution in [1.82, 2.24) is 0 Å². The first-order chi connectivity index (χ1) is 12.9. The molecule has 3 aromatic rings. The van der Waals surface area contributed by atoms with Gasteiger partial charge in [-0.25, -0.2) is 13.2 Å². The van der Waals surface area contributed by atoms with E-state index in [1.165, 1.54) is 18.2 Å². The molecule has 0 atom stereocenters. The van der Waals surface area contributed by atoms with E-state index in [1.54, 1.807) is 30.3 Å². The zero-order valence-corrected chi connectivity index (χ0v) is 15.5. The summed E-state index contributed by atoms with van der Waals surface area (Å²) >= 11 is 0. The Balaban J connectivity index is 1.83. The van der Waals surface area contributed by atoms with Gasteiger partial charge in [0.2, 0.25) is 0 Å². The molecule has 0 fully saturated rings. The van der Waals surface area contributed by atoms with Gasteiger partial charge in [-0.15, -0.1) is 0 Å². The van der Waals surface area contributed by atoms with Crippen molar-refractivity contribution < 1.29 is 22.7 Å². The molecule has 0 amide bonds. The number of hydrogen-bond donors (Lipinski definition) is 0. The zero-order valence-electron chi connectivity index (χ0n) is 14.7. The van der Waals surface area contributed by atoms with Gasteiger partial charge >= 0.3 is 5.97 Å². The number of esters is 1. The van der Waals surface area contributed by atoms with Crippen molar-refractivity contribution in [2.24, 2.45) is 0 Å². The van der Waals surface area contributed by atoms with E-state index < -0.39 is 15.8 Å². The molecule has 0 heterocycles. The van der Waals surface area contributed by atoms with E-state index in [-0.39, 0.29) is 23.0 Å². The fourth-order valence-corrected chi connectivity index (χ4v) is 3.26. The van der Waals surface area contributed by atoms with Crippen LogP contribution in [0.4, 0.5) is 0 Å². The number of hydrogen-bond acceptors (Lipinski definition) is 5. The Hall–Kier alpha value is -3.12. The minimum atomic E-state index is -3.58. The normalized spacial score (nSPS) is 11.0. The summed E-state index contributed by atoms with van der Waals surface area (Å²) in [7, 11) is -3.58. The smallest absolute Gasteiger partial charge is 0.343 e. The lowest BCUT2D eigenvalue weighted by molar-refractivity contribution is 0.0734. The highest BCUT2D eigenvalue weighted by molar-refractivity contribution is 7.90. The number of rotatable bonds is 6. The Kier molecular flexibility index (Phi) is 5.57. The molecule has 3 rings (SSSR count). The molecule has 0 unspecified atom stereocenters. The number of ether oxygens (including phenoxy) is 2. The average Bonchev–Trinajstić information content (AvgIpc) is 2.67. The molecule has 27 heavy (non-hydrogen) atoms. The second kappa shape index (κ2) is 8.05. The predicted octanol–water partition coefficient (Wildman–Crippen LogP) is 3.89. The summed E-state index contributed by atoms with van der Waals surface area (Å²) in [5.41, 5.74) is 1.29. The molecule has 0 aromatic heterocycles.